The van der Waals surface area contributed by atoms with Crippen LogP contribution < -0.4 is 5.32 Å². The third-order valence-corrected chi connectivity index (χ3v) is 3.05. The van der Waals surface area contributed by atoms with Crippen molar-refractivity contribution in [3.63, 3.8) is 0 Å². The monoisotopic (exact) mass is 263 g/mol. The molecule has 3 heteroatoms. The zero-order valence-electron chi connectivity index (χ0n) is 12.2. The Labute approximate surface area is 116 Å². The van der Waals surface area contributed by atoms with Crippen molar-refractivity contribution in [3.8, 4) is 0 Å². The number of amides is 1. The van der Waals surface area contributed by atoms with E-state index in [0.717, 1.165) is 13.0 Å². The number of hydrogen-bond acceptors (Lipinski definition) is 2. The maximum Gasteiger partial charge on any atom is 0.222 e. The summed E-state index contributed by atoms with van der Waals surface area (Å²) in [5.41, 5.74) is 1.32. The van der Waals surface area contributed by atoms with Crippen LogP contribution in [0.1, 0.15) is 45.1 Å². The highest BCUT2D eigenvalue weighted by Gasteiger charge is 2.06. The van der Waals surface area contributed by atoms with Crippen molar-refractivity contribution in [1.29, 1.82) is 0 Å². The second-order valence-corrected chi connectivity index (χ2v) is 5.12. The highest BCUT2D eigenvalue weighted by atomic mass is 16.5. The summed E-state index contributed by atoms with van der Waals surface area (Å²) in [7, 11) is 0. The molecule has 0 spiro atoms. The number of ether oxygens (including phenoxy) is 1. The molecule has 1 aromatic carbocycles. The SMILES string of the molecule is CC(C)OCCC(=O)NCC[C@@H](C)c1ccccc1. The predicted molar refractivity (Wildman–Crippen MR) is 78.2 cm³/mol. The summed E-state index contributed by atoms with van der Waals surface area (Å²) in [5.74, 6) is 0.536. The van der Waals surface area contributed by atoms with Crippen molar-refractivity contribution in [2.75, 3.05) is 13.2 Å². The van der Waals surface area contributed by atoms with Gasteiger partial charge in [-0.3, -0.25) is 4.79 Å². The summed E-state index contributed by atoms with van der Waals surface area (Å²) >= 11 is 0. The standard InChI is InChI=1S/C16H25NO2/c1-13(2)19-12-10-16(18)17-11-9-14(3)15-7-5-4-6-8-15/h4-8,13-14H,9-12H2,1-3H3,(H,17,18)/t14-/m1/s1. The van der Waals surface area contributed by atoms with Crippen molar-refractivity contribution in [2.45, 2.75) is 45.6 Å². The van der Waals surface area contributed by atoms with E-state index in [9.17, 15) is 4.79 Å². The first-order valence-corrected chi connectivity index (χ1v) is 7.03. The Hall–Kier alpha value is -1.35. The molecule has 0 aliphatic rings. The number of carbonyl (C=O) groups is 1. The van der Waals surface area contributed by atoms with Gasteiger partial charge in [-0.05, 0) is 31.7 Å². The second-order valence-electron chi connectivity index (χ2n) is 5.12. The number of carbonyl (C=O) groups excluding carboxylic acids is 1. The lowest BCUT2D eigenvalue weighted by molar-refractivity contribution is -0.122. The van der Waals surface area contributed by atoms with Crippen LogP contribution in [0.4, 0.5) is 0 Å². The van der Waals surface area contributed by atoms with Crippen LogP contribution in [-0.4, -0.2) is 25.2 Å². The zero-order chi connectivity index (χ0) is 14.1. The first-order valence-electron chi connectivity index (χ1n) is 7.03. The van der Waals surface area contributed by atoms with E-state index in [0.29, 0.717) is 18.9 Å². The molecule has 1 N–H and O–H groups in total. The van der Waals surface area contributed by atoms with Crippen molar-refractivity contribution in [1.82, 2.24) is 5.32 Å². The van der Waals surface area contributed by atoms with Gasteiger partial charge in [-0.25, -0.2) is 0 Å². The minimum atomic E-state index is 0.0703. The van der Waals surface area contributed by atoms with Gasteiger partial charge in [0, 0.05) is 13.0 Å². The number of benzene rings is 1. The fourth-order valence-corrected chi connectivity index (χ4v) is 1.85. The molecule has 19 heavy (non-hydrogen) atoms. The summed E-state index contributed by atoms with van der Waals surface area (Å²) in [6.45, 7) is 7.34. The molecule has 1 rings (SSSR count). The molecule has 0 aliphatic heterocycles. The van der Waals surface area contributed by atoms with Gasteiger partial charge in [0.15, 0.2) is 0 Å². The van der Waals surface area contributed by atoms with Gasteiger partial charge >= 0.3 is 0 Å². The average molecular weight is 263 g/mol. The lowest BCUT2D eigenvalue weighted by Crippen LogP contribution is -2.26. The van der Waals surface area contributed by atoms with Crippen molar-refractivity contribution in [2.24, 2.45) is 0 Å². The zero-order valence-corrected chi connectivity index (χ0v) is 12.2. The van der Waals surface area contributed by atoms with Gasteiger partial charge in [0.1, 0.15) is 0 Å². The first-order chi connectivity index (χ1) is 9.09. The van der Waals surface area contributed by atoms with E-state index in [4.69, 9.17) is 4.74 Å². The third kappa shape index (κ3) is 6.97. The van der Waals surface area contributed by atoms with Gasteiger partial charge in [0.05, 0.1) is 12.7 Å². The molecule has 1 aromatic rings. The molecule has 3 nitrogen and oxygen atoms in total. The van der Waals surface area contributed by atoms with Crippen LogP contribution >= 0.6 is 0 Å². The van der Waals surface area contributed by atoms with E-state index in [2.05, 4.69) is 24.4 Å². The second kappa shape index (κ2) is 8.70. The van der Waals surface area contributed by atoms with Crippen LogP contribution in [0.25, 0.3) is 0 Å². The van der Waals surface area contributed by atoms with E-state index in [1.807, 2.05) is 32.0 Å². The van der Waals surface area contributed by atoms with Gasteiger partial charge in [0.25, 0.3) is 0 Å². The van der Waals surface area contributed by atoms with E-state index in [1.165, 1.54) is 5.56 Å². The molecule has 0 aliphatic carbocycles. The predicted octanol–water partition coefficient (Wildman–Crippen LogP) is 3.11. The Morgan fingerprint density at radius 2 is 1.89 bits per heavy atom. The molecule has 0 aromatic heterocycles. The van der Waals surface area contributed by atoms with Crippen LogP contribution in [-0.2, 0) is 9.53 Å². The molecular formula is C16H25NO2. The Bertz CT molecular complexity index is 362. The van der Waals surface area contributed by atoms with Crippen LogP contribution in [0.5, 0.6) is 0 Å². The molecule has 0 saturated heterocycles. The third-order valence-electron chi connectivity index (χ3n) is 3.05. The Morgan fingerprint density at radius 3 is 2.53 bits per heavy atom. The number of rotatable bonds is 8. The van der Waals surface area contributed by atoms with Crippen molar-refractivity contribution in [3.05, 3.63) is 35.9 Å². The van der Waals surface area contributed by atoms with Gasteiger partial charge in [-0.2, -0.15) is 0 Å². The summed E-state index contributed by atoms with van der Waals surface area (Å²) < 4.78 is 5.35. The molecule has 0 radical (unpaired) electrons. The molecule has 0 bridgehead atoms. The van der Waals surface area contributed by atoms with E-state index >= 15 is 0 Å². The number of nitrogens with one attached hydrogen (secondary N) is 1. The molecule has 1 amide bonds. The van der Waals surface area contributed by atoms with Crippen LogP contribution in [0.15, 0.2) is 30.3 Å². The molecule has 0 unspecified atom stereocenters. The quantitative estimate of drug-likeness (QED) is 0.782. The van der Waals surface area contributed by atoms with E-state index < -0.39 is 0 Å². The van der Waals surface area contributed by atoms with E-state index in [-0.39, 0.29) is 12.0 Å². The normalized spacial score (nSPS) is 12.4. The Kier molecular flexibility index (Phi) is 7.19. The van der Waals surface area contributed by atoms with Gasteiger partial charge in [0.2, 0.25) is 5.91 Å². The summed E-state index contributed by atoms with van der Waals surface area (Å²) in [6.07, 6.45) is 1.59. The maximum absolute atomic E-state index is 11.6. The molecule has 0 fully saturated rings. The van der Waals surface area contributed by atoms with Crippen molar-refractivity contribution < 1.29 is 9.53 Å². The molecule has 0 saturated carbocycles. The number of hydrogen-bond donors (Lipinski definition) is 1. The summed E-state index contributed by atoms with van der Waals surface area (Å²) in [4.78, 5) is 11.6. The van der Waals surface area contributed by atoms with Gasteiger partial charge in [-0.15, -0.1) is 0 Å². The Morgan fingerprint density at radius 1 is 1.21 bits per heavy atom. The molecule has 106 valence electrons. The summed E-state index contributed by atoms with van der Waals surface area (Å²) in [6, 6.07) is 10.4. The fourth-order valence-electron chi connectivity index (χ4n) is 1.85. The summed E-state index contributed by atoms with van der Waals surface area (Å²) in [5, 5.41) is 2.94. The van der Waals surface area contributed by atoms with Gasteiger partial charge in [-0.1, -0.05) is 37.3 Å². The highest BCUT2D eigenvalue weighted by molar-refractivity contribution is 5.75. The van der Waals surface area contributed by atoms with E-state index in [1.54, 1.807) is 0 Å². The van der Waals surface area contributed by atoms with Crippen LogP contribution in [0, 0.1) is 0 Å². The van der Waals surface area contributed by atoms with Crippen LogP contribution in [0.2, 0.25) is 0 Å². The average Bonchev–Trinajstić information content (AvgIpc) is 2.39. The lowest BCUT2D eigenvalue weighted by Gasteiger charge is -2.12. The highest BCUT2D eigenvalue weighted by Crippen LogP contribution is 2.17. The van der Waals surface area contributed by atoms with Gasteiger partial charge < -0.3 is 10.1 Å². The molecule has 1 atom stereocenters. The minimum Gasteiger partial charge on any atom is -0.378 e. The van der Waals surface area contributed by atoms with Crippen molar-refractivity contribution >= 4 is 5.91 Å². The molecule has 0 heterocycles. The topological polar surface area (TPSA) is 38.3 Å². The lowest BCUT2D eigenvalue weighted by atomic mass is 9.98. The van der Waals surface area contributed by atoms with Crippen LogP contribution in [0.3, 0.4) is 0 Å². The Balaban J connectivity index is 2.14. The molecular weight excluding hydrogens is 238 g/mol. The fraction of sp³-hybridized carbons (Fsp3) is 0.562. The first kappa shape index (κ1) is 15.7. The maximum atomic E-state index is 11.6. The smallest absolute Gasteiger partial charge is 0.222 e. The minimum absolute atomic E-state index is 0.0703. The largest absolute Gasteiger partial charge is 0.378 e.